The van der Waals surface area contributed by atoms with Crippen molar-refractivity contribution in [2.24, 2.45) is 0 Å². The van der Waals surface area contributed by atoms with Gasteiger partial charge in [-0.1, -0.05) is 12.8 Å². The summed E-state index contributed by atoms with van der Waals surface area (Å²) in [5.74, 6) is 0.541. The smallest absolute Gasteiger partial charge is 0.0929 e. The topological polar surface area (TPSA) is 16.1 Å². The normalized spacial score (nSPS) is 22.0. The van der Waals surface area contributed by atoms with Crippen LogP contribution in [0.15, 0.2) is 5.38 Å². The van der Waals surface area contributed by atoms with Crippen LogP contribution in [0, 0.1) is 0 Å². The lowest BCUT2D eigenvalue weighted by Gasteiger charge is -2.26. The monoisotopic (exact) mass is 286 g/mol. The molecule has 1 aliphatic rings. The number of hydrogen-bond acceptors (Lipinski definition) is 3. The molecule has 1 aromatic rings. The summed E-state index contributed by atoms with van der Waals surface area (Å²) in [7, 11) is 0. The zero-order valence-corrected chi connectivity index (χ0v) is 12.8. The summed E-state index contributed by atoms with van der Waals surface area (Å²) in [6.07, 6.45) is 7.88. The maximum Gasteiger partial charge on any atom is 0.0929 e. The molecule has 0 bridgehead atoms. The molecule has 1 unspecified atom stereocenters. The Bertz CT molecular complexity index is 353. The molecule has 4 heteroatoms. The van der Waals surface area contributed by atoms with E-state index in [1.807, 2.05) is 0 Å². The molecule has 18 heavy (non-hydrogen) atoms. The van der Waals surface area contributed by atoms with Gasteiger partial charge in [-0.25, -0.2) is 4.98 Å². The quantitative estimate of drug-likeness (QED) is 0.758. The van der Waals surface area contributed by atoms with Gasteiger partial charge in [0.15, 0.2) is 0 Å². The van der Waals surface area contributed by atoms with Crippen molar-refractivity contribution in [1.82, 2.24) is 9.88 Å². The fourth-order valence-electron chi connectivity index (χ4n) is 2.63. The SMILES string of the molecule is CC1CCCCCN1CCCc1nc(CCl)cs1. The zero-order chi connectivity index (χ0) is 12.8. The number of alkyl halides is 1. The van der Waals surface area contributed by atoms with E-state index in [1.54, 1.807) is 11.3 Å². The largest absolute Gasteiger partial charge is 0.301 e. The molecule has 2 heterocycles. The van der Waals surface area contributed by atoms with E-state index >= 15 is 0 Å². The predicted molar refractivity (Wildman–Crippen MR) is 79.5 cm³/mol. The lowest BCUT2D eigenvalue weighted by Crippen LogP contribution is -2.33. The highest BCUT2D eigenvalue weighted by molar-refractivity contribution is 7.09. The van der Waals surface area contributed by atoms with E-state index in [4.69, 9.17) is 11.6 Å². The second kappa shape index (κ2) is 7.46. The van der Waals surface area contributed by atoms with Gasteiger partial charge >= 0.3 is 0 Å². The van der Waals surface area contributed by atoms with E-state index in [9.17, 15) is 0 Å². The second-order valence-electron chi connectivity index (χ2n) is 5.20. The number of halogens is 1. The van der Waals surface area contributed by atoms with Crippen molar-refractivity contribution < 1.29 is 0 Å². The van der Waals surface area contributed by atoms with Crippen molar-refractivity contribution in [1.29, 1.82) is 0 Å². The van der Waals surface area contributed by atoms with Crippen molar-refractivity contribution >= 4 is 22.9 Å². The standard InChI is InChI=1S/C14H23ClN2S/c1-12-6-3-2-4-8-17(12)9-5-7-14-16-13(10-15)11-18-14/h11-12H,2-10H2,1H3. The maximum absolute atomic E-state index is 5.77. The Hall–Kier alpha value is -0.120. The molecule has 0 N–H and O–H groups in total. The zero-order valence-electron chi connectivity index (χ0n) is 11.2. The Balaban J connectivity index is 1.73. The Labute approximate surface area is 119 Å². The molecule has 102 valence electrons. The molecule has 1 atom stereocenters. The lowest BCUT2D eigenvalue weighted by molar-refractivity contribution is 0.211. The van der Waals surface area contributed by atoms with Crippen molar-refractivity contribution in [2.75, 3.05) is 13.1 Å². The molecule has 1 fully saturated rings. The first kappa shape index (κ1) is 14.3. The van der Waals surface area contributed by atoms with Crippen LogP contribution in [-0.2, 0) is 12.3 Å². The molecule has 0 amide bonds. The van der Waals surface area contributed by atoms with E-state index in [0.29, 0.717) is 5.88 Å². The van der Waals surface area contributed by atoms with Gasteiger partial charge in [0, 0.05) is 17.8 Å². The van der Waals surface area contributed by atoms with Gasteiger partial charge in [-0.3, -0.25) is 0 Å². The fourth-order valence-corrected chi connectivity index (χ4v) is 3.69. The maximum atomic E-state index is 5.77. The van der Waals surface area contributed by atoms with Gasteiger partial charge in [0.25, 0.3) is 0 Å². The second-order valence-corrected chi connectivity index (χ2v) is 6.41. The van der Waals surface area contributed by atoms with E-state index in [2.05, 4.69) is 22.2 Å². The Morgan fingerprint density at radius 1 is 1.44 bits per heavy atom. The molecule has 0 radical (unpaired) electrons. The van der Waals surface area contributed by atoms with Crippen molar-refractivity contribution in [3.63, 3.8) is 0 Å². The number of hydrogen-bond donors (Lipinski definition) is 0. The number of rotatable bonds is 5. The summed E-state index contributed by atoms with van der Waals surface area (Å²) < 4.78 is 0. The summed E-state index contributed by atoms with van der Waals surface area (Å²) in [5, 5.41) is 3.32. The fraction of sp³-hybridized carbons (Fsp3) is 0.786. The van der Waals surface area contributed by atoms with Crippen LogP contribution < -0.4 is 0 Å². The summed E-state index contributed by atoms with van der Waals surface area (Å²) in [5.41, 5.74) is 1.03. The minimum atomic E-state index is 0.541. The van der Waals surface area contributed by atoms with E-state index in [-0.39, 0.29) is 0 Å². The van der Waals surface area contributed by atoms with Gasteiger partial charge in [-0.05, 0) is 39.3 Å². The number of aryl methyl sites for hydroxylation is 1. The molecule has 1 aromatic heterocycles. The lowest BCUT2D eigenvalue weighted by atomic mass is 10.1. The molecule has 0 aromatic carbocycles. The van der Waals surface area contributed by atoms with E-state index < -0.39 is 0 Å². The van der Waals surface area contributed by atoms with Gasteiger partial charge in [0.2, 0.25) is 0 Å². The van der Waals surface area contributed by atoms with Gasteiger partial charge in [0.05, 0.1) is 16.6 Å². The Morgan fingerprint density at radius 2 is 2.33 bits per heavy atom. The molecule has 1 aliphatic heterocycles. The van der Waals surface area contributed by atoms with E-state index in [0.717, 1.165) is 18.2 Å². The first-order valence-corrected chi connectivity index (χ1v) is 8.44. The molecule has 1 saturated heterocycles. The molecule has 0 saturated carbocycles. The van der Waals surface area contributed by atoms with Gasteiger partial charge in [-0.2, -0.15) is 0 Å². The Morgan fingerprint density at radius 3 is 3.11 bits per heavy atom. The van der Waals surface area contributed by atoms with Crippen LogP contribution in [0.5, 0.6) is 0 Å². The van der Waals surface area contributed by atoms with Gasteiger partial charge in [0.1, 0.15) is 0 Å². The van der Waals surface area contributed by atoms with Crippen LogP contribution in [0.25, 0.3) is 0 Å². The third-order valence-electron chi connectivity index (χ3n) is 3.76. The molecular weight excluding hydrogens is 264 g/mol. The highest BCUT2D eigenvalue weighted by Gasteiger charge is 2.16. The number of nitrogens with zero attached hydrogens (tertiary/aromatic N) is 2. The highest BCUT2D eigenvalue weighted by Crippen LogP contribution is 2.18. The van der Waals surface area contributed by atoms with Crippen LogP contribution in [0.1, 0.15) is 49.7 Å². The molecule has 2 rings (SSSR count). The number of thiazole rings is 1. The van der Waals surface area contributed by atoms with Crippen LogP contribution in [0.2, 0.25) is 0 Å². The molecular formula is C14H23ClN2S. The number of aromatic nitrogens is 1. The minimum absolute atomic E-state index is 0.541. The van der Waals surface area contributed by atoms with E-state index in [1.165, 1.54) is 50.2 Å². The highest BCUT2D eigenvalue weighted by atomic mass is 35.5. The number of likely N-dealkylation sites (tertiary alicyclic amines) is 1. The van der Waals surface area contributed by atoms with Crippen LogP contribution in [0.3, 0.4) is 0 Å². The average Bonchev–Trinajstić information content (AvgIpc) is 2.74. The molecule has 2 nitrogen and oxygen atoms in total. The summed E-state index contributed by atoms with van der Waals surface area (Å²) in [4.78, 5) is 7.17. The van der Waals surface area contributed by atoms with Crippen LogP contribution >= 0.6 is 22.9 Å². The van der Waals surface area contributed by atoms with Crippen molar-refractivity contribution in [2.45, 2.75) is 57.4 Å². The first-order chi connectivity index (χ1) is 8.79. The molecule has 0 spiro atoms. The average molecular weight is 287 g/mol. The minimum Gasteiger partial charge on any atom is -0.301 e. The van der Waals surface area contributed by atoms with Gasteiger partial charge in [-0.15, -0.1) is 22.9 Å². The molecule has 0 aliphatic carbocycles. The van der Waals surface area contributed by atoms with Crippen LogP contribution in [0.4, 0.5) is 0 Å². The third kappa shape index (κ3) is 4.22. The summed E-state index contributed by atoms with van der Waals surface area (Å²) in [6, 6.07) is 0.766. The third-order valence-corrected chi connectivity index (χ3v) is 4.99. The summed E-state index contributed by atoms with van der Waals surface area (Å²) in [6.45, 7) is 4.88. The van der Waals surface area contributed by atoms with Gasteiger partial charge < -0.3 is 4.90 Å². The van der Waals surface area contributed by atoms with Crippen molar-refractivity contribution in [3.05, 3.63) is 16.1 Å². The predicted octanol–water partition coefficient (Wildman–Crippen LogP) is 4.08. The summed E-state index contributed by atoms with van der Waals surface area (Å²) >= 11 is 7.52. The van der Waals surface area contributed by atoms with Crippen LogP contribution in [-0.4, -0.2) is 29.0 Å². The van der Waals surface area contributed by atoms with Crippen molar-refractivity contribution in [3.8, 4) is 0 Å². The Kier molecular flexibility index (Phi) is 5.93. The first-order valence-electron chi connectivity index (χ1n) is 7.03.